The average molecular weight is 373 g/mol. The molecule has 2 heterocycles. The first-order chi connectivity index (χ1) is 12.2. The summed E-state index contributed by atoms with van der Waals surface area (Å²) in [4.78, 5) is 21.2. The molecule has 1 aromatic carbocycles. The number of hydrogen-bond donors (Lipinski definition) is 0. The summed E-state index contributed by atoms with van der Waals surface area (Å²) in [6.45, 7) is 3.97. The predicted molar refractivity (Wildman–Crippen MR) is 101 cm³/mol. The Hall–Kier alpha value is -1.92. The Morgan fingerprint density at radius 1 is 1.24 bits per heavy atom. The number of hydrogen-bond acceptors (Lipinski definition) is 6. The first-order valence-corrected chi connectivity index (χ1v) is 10.0. The van der Waals surface area contributed by atoms with Crippen LogP contribution in [0.4, 0.5) is 0 Å². The minimum atomic E-state index is -0.187. The summed E-state index contributed by atoms with van der Waals surface area (Å²) in [7, 11) is 0. The lowest BCUT2D eigenvalue weighted by atomic mass is 10.0. The monoisotopic (exact) mass is 372 g/mol. The molecule has 0 saturated carbocycles. The van der Waals surface area contributed by atoms with E-state index in [4.69, 9.17) is 4.42 Å². The van der Waals surface area contributed by atoms with Crippen LogP contribution in [0, 0.1) is 0 Å². The maximum absolute atomic E-state index is 12.5. The summed E-state index contributed by atoms with van der Waals surface area (Å²) in [6, 6.07) is 9.83. The average Bonchev–Trinajstić information content (AvgIpc) is 3.29. The number of nitrogens with zero attached hydrogens (tertiary/aromatic N) is 2. The molecule has 1 unspecified atom stereocenters. The van der Waals surface area contributed by atoms with Crippen LogP contribution < -0.4 is 0 Å². The highest BCUT2D eigenvalue weighted by Crippen LogP contribution is 2.32. The van der Waals surface area contributed by atoms with Gasteiger partial charge < -0.3 is 4.42 Å². The topological polar surface area (TPSA) is 56.0 Å². The van der Waals surface area contributed by atoms with E-state index in [2.05, 4.69) is 9.97 Å². The molecule has 3 rings (SSSR count). The molecule has 0 aliphatic heterocycles. The summed E-state index contributed by atoms with van der Waals surface area (Å²) < 4.78 is 6.69. The number of carbonyl (C=O) groups excluding carboxylic acids is 1. The van der Waals surface area contributed by atoms with E-state index in [9.17, 15) is 4.79 Å². The van der Waals surface area contributed by atoms with Gasteiger partial charge in [-0.1, -0.05) is 37.3 Å². The Labute approximate surface area is 155 Å². The van der Waals surface area contributed by atoms with Gasteiger partial charge in [0.1, 0.15) is 16.6 Å². The summed E-state index contributed by atoms with van der Waals surface area (Å²) in [5.41, 5.74) is 1.04. The highest BCUT2D eigenvalue weighted by atomic mass is 32.2. The fourth-order valence-corrected chi connectivity index (χ4v) is 4.26. The molecule has 6 heteroatoms. The van der Waals surface area contributed by atoms with E-state index in [1.54, 1.807) is 29.3 Å². The second-order valence-electron chi connectivity index (χ2n) is 5.73. The van der Waals surface area contributed by atoms with Crippen LogP contribution >= 0.6 is 23.1 Å². The van der Waals surface area contributed by atoms with Crippen molar-refractivity contribution in [1.82, 2.24) is 9.97 Å². The molecule has 0 spiro atoms. The normalized spacial score (nSPS) is 12.2. The minimum absolute atomic E-state index is 0.187. The predicted octanol–water partition coefficient (Wildman–Crippen LogP) is 4.90. The van der Waals surface area contributed by atoms with Crippen LogP contribution in [-0.4, -0.2) is 15.8 Å². The maximum Gasteiger partial charge on any atom is 0.204 e. The smallest absolute Gasteiger partial charge is 0.204 e. The van der Waals surface area contributed by atoms with Crippen LogP contribution in [0.25, 0.3) is 0 Å². The molecule has 0 amide bonds. The fraction of sp³-hybridized carbons (Fsp3) is 0.316. The molecule has 25 heavy (non-hydrogen) atoms. The molecule has 0 bridgehead atoms. The Kier molecular flexibility index (Phi) is 6.04. The van der Waals surface area contributed by atoms with Crippen molar-refractivity contribution in [2.75, 3.05) is 0 Å². The zero-order valence-electron chi connectivity index (χ0n) is 14.3. The van der Waals surface area contributed by atoms with Gasteiger partial charge in [0.15, 0.2) is 0 Å². The van der Waals surface area contributed by atoms with Gasteiger partial charge in [0.2, 0.25) is 5.89 Å². The van der Waals surface area contributed by atoms with E-state index in [1.807, 2.05) is 50.4 Å². The number of thioether (sulfide) groups is 1. The number of rotatable bonds is 8. The number of benzene rings is 1. The summed E-state index contributed by atoms with van der Waals surface area (Å²) in [5.74, 6) is 2.31. The minimum Gasteiger partial charge on any atom is -0.445 e. The molecular weight excluding hydrogens is 352 g/mol. The van der Waals surface area contributed by atoms with E-state index in [0.29, 0.717) is 12.2 Å². The molecule has 2 aromatic heterocycles. The summed E-state index contributed by atoms with van der Waals surface area (Å²) in [6.07, 6.45) is 4.91. The van der Waals surface area contributed by atoms with Gasteiger partial charge in [-0.05, 0) is 12.5 Å². The fourth-order valence-electron chi connectivity index (χ4n) is 2.34. The molecule has 0 fully saturated rings. The van der Waals surface area contributed by atoms with Gasteiger partial charge in [-0.2, -0.15) is 0 Å². The number of aromatic nitrogens is 2. The molecule has 0 N–H and O–H groups in total. The number of ketones is 1. The second kappa shape index (κ2) is 8.45. The molecule has 0 aliphatic rings. The van der Waals surface area contributed by atoms with E-state index >= 15 is 0 Å². The summed E-state index contributed by atoms with van der Waals surface area (Å²) >= 11 is 3.21. The largest absolute Gasteiger partial charge is 0.445 e. The zero-order chi connectivity index (χ0) is 17.6. The first kappa shape index (κ1) is 17.9. The Bertz CT molecular complexity index is 827. The van der Waals surface area contributed by atoms with Crippen LogP contribution in [0.3, 0.4) is 0 Å². The third kappa shape index (κ3) is 4.80. The van der Waals surface area contributed by atoms with Crippen molar-refractivity contribution in [3.63, 3.8) is 0 Å². The van der Waals surface area contributed by atoms with Gasteiger partial charge >= 0.3 is 0 Å². The second-order valence-corrected chi connectivity index (χ2v) is 8.07. The molecule has 130 valence electrons. The SMILES string of the molecule is CCc1cnc(CSc2cnc(C(C)C(=O)Cc3ccccc3)s2)o1. The van der Waals surface area contributed by atoms with Crippen molar-refractivity contribution in [3.8, 4) is 0 Å². The lowest BCUT2D eigenvalue weighted by Crippen LogP contribution is -2.11. The third-order valence-electron chi connectivity index (χ3n) is 3.86. The molecule has 0 radical (unpaired) electrons. The van der Waals surface area contributed by atoms with Gasteiger partial charge in [-0.25, -0.2) is 9.97 Å². The number of oxazole rings is 1. The Balaban J connectivity index is 1.57. The van der Waals surface area contributed by atoms with Gasteiger partial charge in [0, 0.05) is 12.8 Å². The lowest BCUT2D eigenvalue weighted by molar-refractivity contribution is -0.119. The van der Waals surface area contributed by atoms with Crippen molar-refractivity contribution in [2.45, 2.75) is 42.6 Å². The van der Waals surface area contributed by atoms with E-state index in [-0.39, 0.29) is 11.7 Å². The van der Waals surface area contributed by atoms with E-state index < -0.39 is 0 Å². The quantitative estimate of drug-likeness (QED) is 0.526. The van der Waals surface area contributed by atoms with Crippen molar-refractivity contribution in [2.24, 2.45) is 0 Å². The van der Waals surface area contributed by atoms with Gasteiger partial charge in [-0.3, -0.25) is 4.79 Å². The Morgan fingerprint density at radius 2 is 2.04 bits per heavy atom. The Morgan fingerprint density at radius 3 is 2.76 bits per heavy atom. The first-order valence-electron chi connectivity index (χ1n) is 8.24. The molecule has 4 nitrogen and oxygen atoms in total. The molecular formula is C19H20N2O2S2. The van der Waals surface area contributed by atoms with E-state index in [1.165, 1.54) is 0 Å². The number of carbonyl (C=O) groups is 1. The van der Waals surface area contributed by atoms with Crippen molar-refractivity contribution >= 4 is 28.9 Å². The molecule has 0 aliphatic carbocycles. The summed E-state index contributed by atoms with van der Waals surface area (Å²) in [5, 5.41) is 0.866. The van der Waals surface area contributed by atoms with Gasteiger partial charge in [0.25, 0.3) is 0 Å². The van der Waals surface area contributed by atoms with Crippen LogP contribution in [0.2, 0.25) is 0 Å². The maximum atomic E-state index is 12.5. The third-order valence-corrected chi connectivity index (χ3v) is 6.22. The standard InChI is InChI=1S/C19H20N2O2S2/c1-3-15-10-20-17(23-15)12-24-18-11-21-19(25-18)13(2)16(22)9-14-7-5-4-6-8-14/h4-8,10-11,13H,3,9,12H2,1-2H3. The molecule has 0 saturated heterocycles. The molecule has 3 aromatic rings. The van der Waals surface area contributed by atoms with Gasteiger partial charge in [0.05, 0.1) is 28.3 Å². The number of thiazole rings is 1. The molecule has 1 atom stereocenters. The van der Waals surface area contributed by atoms with Crippen LogP contribution in [0.1, 0.15) is 42.0 Å². The number of aryl methyl sites for hydroxylation is 1. The van der Waals surface area contributed by atoms with E-state index in [0.717, 1.165) is 32.9 Å². The van der Waals surface area contributed by atoms with Gasteiger partial charge in [-0.15, -0.1) is 23.1 Å². The highest BCUT2D eigenvalue weighted by Gasteiger charge is 2.19. The van der Waals surface area contributed by atoms with Crippen molar-refractivity contribution in [1.29, 1.82) is 0 Å². The van der Waals surface area contributed by atoms with Crippen LogP contribution in [-0.2, 0) is 23.4 Å². The van der Waals surface area contributed by atoms with Crippen LogP contribution in [0.15, 0.2) is 51.4 Å². The lowest BCUT2D eigenvalue weighted by Gasteiger charge is -2.07. The highest BCUT2D eigenvalue weighted by molar-refractivity contribution is 8.00. The van der Waals surface area contributed by atoms with Crippen molar-refractivity contribution < 1.29 is 9.21 Å². The van der Waals surface area contributed by atoms with Crippen molar-refractivity contribution in [3.05, 3.63) is 64.9 Å². The number of Topliss-reactive ketones (excluding diaryl/α,β-unsaturated/α-hetero) is 1. The van der Waals surface area contributed by atoms with Crippen LogP contribution in [0.5, 0.6) is 0 Å². The zero-order valence-corrected chi connectivity index (χ0v) is 15.9.